The molecule has 2 heterocycles. The highest BCUT2D eigenvalue weighted by atomic mass is 19.1. The first-order valence-electron chi connectivity index (χ1n) is 7.59. The lowest BCUT2D eigenvalue weighted by Crippen LogP contribution is -2.45. The molecule has 4 heteroatoms. The predicted octanol–water partition coefficient (Wildman–Crippen LogP) is 3.16. The van der Waals surface area contributed by atoms with E-state index in [2.05, 4.69) is 33.5 Å². The summed E-state index contributed by atoms with van der Waals surface area (Å²) in [5.41, 5.74) is 2.11. The molecule has 116 valence electrons. The maximum Gasteiger partial charge on any atom is 0.110 e. The van der Waals surface area contributed by atoms with Crippen LogP contribution in [0.1, 0.15) is 31.5 Å². The largest absolute Gasteiger partial charge is 0.373 e. The van der Waals surface area contributed by atoms with Crippen molar-refractivity contribution in [2.24, 2.45) is 0 Å². The first-order chi connectivity index (χ1) is 9.83. The van der Waals surface area contributed by atoms with Crippen molar-refractivity contribution in [1.82, 2.24) is 14.8 Å². The van der Waals surface area contributed by atoms with Crippen molar-refractivity contribution in [3.63, 3.8) is 0 Å². The van der Waals surface area contributed by atoms with Crippen LogP contribution in [0.5, 0.6) is 0 Å². The Morgan fingerprint density at radius 3 is 2.57 bits per heavy atom. The number of hydrogen-bond donors (Lipinski definition) is 0. The van der Waals surface area contributed by atoms with Gasteiger partial charge in [-0.25, -0.2) is 4.39 Å². The molecular weight excluding hydrogens is 265 g/mol. The Morgan fingerprint density at radius 2 is 2.00 bits per heavy atom. The number of nitrogens with zero attached hydrogens (tertiary/aromatic N) is 3. The van der Waals surface area contributed by atoms with E-state index >= 15 is 0 Å². The second-order valence-electron chi connectivity index (χ2n) is 6.53. The van der Waals surface area contributed by atoms with Gasteiger partial charge in [-0.3, -0.25) is 9.88 Å². The van der Waals surface area contributed by atoms with Crippen molar-refractivity contribution in [2.75, 3.05) is 26.2 Å². The number of rotatable bonds is 5. The molecule has 0 spiro atoms. The van der Waals surface area contributed by atoms with E-state index in [4.69, 9.17) is 0 Å². The van der Waals surface area contributed by atoms with E-state index in [1.165, 1.54) is 5.56 Å². The summed E-state index contributed by atoms with van der Waals surface area (Å²) in [6.45, 7) is 14.1. The van der Waals surface area contributed by atoms with Gasteiger partial charge in [0.15, 0.2) is 0 Å². The van der Waals surface area contributed by atoms with E-state index in [-0.39, 0.29) is 0 Å². The van der Waals surface area contributed by atoms with Gasteiger partial charge in [0.05, 0.1) is 0 Å². The molecule has 0 amide bonds. The summed E-state index contributed by atoms with van der Waals surface area (Å²) >= 11 is 0. The maximum absolute atomic E-state index is 13.7. The number of halogens is 1. The van der Waals surface area contributed by atoms with E-state index in [1.807, 2.05) is 13.1 Å². The van der Waals surface area contributed by atoms with Gasteiger partial charge >= 0.3 is 0 Å². The zero-order valence-electron chi connectivity index (χ0n) is 13.4. The van der Waals surface area contributed by atoms with Crippen LogP contribution in [0.3, 0.4) is 0 Å². The number of hydrogen-bond acceptors (Lipinski definition) is 3. The highest BCUT2D eigenvalue weighted by molar-refractivity contribution is 5.15. The van der Waals surface area contributed by atoms with Crippen LogP contribution in [0.25, 0.3) is 0 Å². The Bertz CT molecular complexity index is 485. The molecule has 0 aromatic carbocycles. The number of aromatic nitrogens is 1. The molecule has 1 aliphatic rings. The van der Waals surface area contributed by atoms with Crippen LogP contribution < -0.4 is 0 Å². The van der Waals surface area contributed by atoms with Crippen LogP contribution in [0.4, 0.5) is 4.39 Å². The minimum absolute atomic E-state index is 0.413. The van der Waals surface area contributed by atoms with Crippen LogP contribution in [0, 0.1) is 6.92 Å². The summed E-state index contributed by atoms with van der Waals surface area (Å²) in [5.74, 6) is 0. The minimum atomic E-state index is -1.18. The fraction of sp³-hybridized carbons (Fsp3) is 0.588. The van der Waals surface area contributed by atoms with Gasteiger partial charge in [0, 0.05) is 56.7 Å². The van der Waals surface area contributed by atoms with Crippen molar-refractivity contribution in [3.05, 3.63) is 41.9 Å². The fourth-order valence-electron chi connectivity index (χ4n) is 2.78. The first-order valence-corrected chi connectivity index (χ1v) is 7.59. The number of alkyl halides is 1. The molecule has 1 saturated heterocycles. The van der Waals surface area contributed by atoms with Crippen LogP contribution in [-0.2, 0) is 6.54 Å². The summed E-state index contributed by atoms with van der Waals surface area (Å²) in [7, 11) is 0. The summed E-state index contributed by atoms with van der Waals surface area (Å²) in [4.78, 5) is 8.88. The van der Waals surface area contributed by atoms with E-state index in [0.29, 0.717) is 6.42 Å². The van der Waals surface area contributed by atoms with Crippen molar-refractivity contribution in [1.29, 1.82) is 0 Å². The average Bonchev–Trinajstić information content (AvgIpc) is 2.37. The van der Waals surface area contributed by atoms with Crippen LogP contribution in [0.15, 0.2) is 30.6 Å². The van der Waals surface area contributed by atoms with E-state index in [1.54, 1.807) is 13.8 Å². The molecular formula is C17H26FN3. The Labute approximate surface area is 127 Å². The number of aryl methyl sites for hydroxylation is 1. The molecule has 0 radical (unpaired) electrons. The fourth-order valence-corrected chi connectivity index (χ4v) is 2.78. The van der Waals surface area contributed by atoms with Gasteiger partial charge in [-0.05, 0) is 38.5 Å². The molecule has 1 aromatic rings. The second-order valence-corrected chi connectivity index (χ2v) is 6.53. The highest BCUT2D eigenvalue weighted by Gasteiger charge is 2.23. The Kier molecular flexibility index (Phi) is 4.99. The summed E-state index contributed by atoms with van der Waals surface area (Å²) in [6.07, 6.45) is 2.28. The third-order valence-corrected chi connectivity index (χ3v) is 3.81. The van der Waals surface area contributed by atoms with Crippen molar-refractivity contribution in [2.45, 2.75) is 39.4 Å². The van der Waals surface area contributed by atoms with Gasteiger partial charge in [0.2, 0.25) is 0 Å². The normalized spacial score (nSPS) is 17.0. The highest BCUT2D eigenvalue weighted by Crippen LogP contribution is 2.22. The molecule has 21 heavy (non-hydrogen) atoms. The van der Waals surface area contributed by atoms with Gasteiger partial charge in [-0.1, -0.05) is 6.58 Å². The van der Waals surface area contributed by atoms with Crippen molar-refractivity contribution >= 4 is 0 Å². The molecule has 1 aliphatic heterocycles. The molecule has 0 aliphatic carbocycles. The Morgan fingerprint density at radius 1 is 1.33 bits per heavy atom. The van der Waals surface area contributed by atoms with Gasteiger partial charge in [-0.15, -0.1) is 0 Å². The zero-order valence-corrected chi connectivity index (χ0v) is 13.4. The topological polar surface area (TPSA) is 19.4 Å². The molecule has 0 unspecified atom stereocenters. The van der Waals surface area contributed by atoms with E-state index in [0.717, 1.165) is 44.1 Å². The molecule has 2 rings (SSSR count). The quantitative estimate of drug-likeness (QED) is 0.830. The average molecular weight is 291 g/mol. The molecule has 0 N–H and O–H groups in total. The lowest BCUT2D eigenvalue weighted by Gasteiger charge is -2.38. The smallest absolute Gasteiger partial charge is 0.110 e. The minimum Gasteiger partial charge on any atom is -0.373 e. The molecule has 1 fully saturated rings. The lowest BCUT2D eigenvalue weighted by molar-refractivity contribution is 0.134. The third-order valence-electron chi connectivity index (χ3n) is 3.81. The molecule has 3 nitrogen and oxygen atoms in total. The third kappa shape index (κ3) is 5.12. The molecule has 0 saturated carbocycles. The van der Waals surface area contributed by atoms with Crippen LogP contribution in [0.2, 0.25) is 0 Å². The number of pyridine rings is 1. The standard InChI is InChI=1S/C17H26FN3/c1-14-11-16(5-6-19-14)13-20-7-9-21(10-8-20)15(2)12-17(3,4)18/h5-6,11H,2,7-10,12-13H2,1,3-4H3. The molecule has 0 bridgehead atoms. The van der Waals surface area contributed by atoms with Crippen LogP contribution in [-0.4, -0.2) is 46.6 Å². The van der Waals surface area contributed by atoms with Crippen LogP contribution >= 0.6 is 0 Å². The van der Waals surface area contributed by atoms with E-state index in [9.17, 15) is 4.39 Å². The van der Waals surface area contributed by atoms with Gasteiger partial charge in [-0.2, -0.15) is 0 Å². The number of allylic oxidation sites excluding steroid dienone is 1. The van der Waals surface area contributed by atoms with Crippen molar-refractivity contribution in [3.8, 4) is 0 Å². The predicted molar refractivity (Wildman–Crippen MR) is 84.8 cm³/mol. The van der Waals surface area contributed by atoms with Gasteiger partial charge < -0.3 is 4.90 Å². The monoisotopic (exact) mass is 291 g/mol. The number of piperazine rings is 1. The summed E-state index contributed by atoms with van der Waals surface area (Å²) < 4.78 is 13.7. The Hall–Kier alpha value is -1.42. The van der Waals surface area contributed by atoms with Gasteiger partial charge in [0.1, 0.15) is 5.67 Å². The second kappa shape index (κ2) is 6.56. The summed E-state index contributed by atoms with van der Waals surface area (Å²) in [5, 5.41) is 0. The SMILES string of the molecule is C=C(CC(C)(C)F)N1CCN(Cc2ccnc(C)c2)CC1. The molecule has 1 aromatic heterocycles. The zero-order chi connectivity index (χ0) is 15.5. The van der Waals surface area contributed by atoms with Crippen molar-refractivity contribution < 1.29 is 4.39 Å². The van der Waals surface area contributed by atoms with Gasteiger partial charge in [0.25, 0.3) is 0 Å². The summed E-state index contributed by atoms with van der Waals surface area (Å²) in [6, 6.07) is 4.21. The van der Waals surface area contributed by atoms with E-state index < -0.39 is 5.67 Å². The Balaban J connectivity index is 1.82. The maximum atomic E-state index is 13.7. The lowest BCUT2D eigenvalue weighted by atomic mass is 10.0. The first kappa shape index (κ1) is 16.0. The molecule has 0 atom stereocenters.